The molecule has 2 heterocycles. The number of aromatic nitrogens is 1. The van der Waals surface area contributed by atoms with Crippen molar-refractivity contribution in [1.82, 2.24) is 10.1 Å². The monoisotopic (exact) mass is 470 g/mol. The fourth-order valence-corrected chi connectivity index (χ4v) is 5.67. The third-order valence-electron chi connectivity index (χ3n) is 5.78. The van der Waals surface area contributed by atoms with Gasteiger partial charge < -0.3 is 18.9 Å². The minimum absolute atomic E-state index is 0.0564. The Hall–Kier alpha value is -3.33. The van der Waals surface area contributed by atoms with Gasteiger partial charge in [-0.15, -0.1) is 0 Å². The van der Waals surface area contributed by atoms with Crippen molar-refractivity contribution in [2.24, 2.45) is 0 Å². The third-order valence-corrected chi connectivity index (χ3v) is 7.53. The molecule has 174 valence electrons. The topological polar surface area (TPSA) is 98.9 Å². The van der Waals surface area contributed by atoms with Gasteiger partial charge in [0.1, 0.15) is 0 Å². The molecule has 4 rings (SSSR count). The second-order valence-electron chi connectivity index (χ2n) is 8.12. The van der Waals surface area contributed by atoms with Crippen molar-refractivity contribution in [2.75, 3.05) is 25.7 Å². The molecule has 0 radical (unpaired) electrons. The molecule has 2 aromatic carbocycles. The molecule has 1 aliphatic rings. The fraction of sp³-hybridized carbons (Fsp3) is 0.333. The van der Waals surface area contributed by atoms with Crippen molar-refractivity contribution in [3.05, 3.63) is 65.4 Å². The molecule has 0 saturated carbocycles. The van der Waals surface area contributed by atoms with Crippen LogP contribution < -0.4 is 9.47 Å². The number of sulfone groups is 1. The van der Waals surface area contributed by atoms with Gasteiger partial charge in [-0.25, -0.2) is 8.42 Å². The first kappa shape index (κ1) is 22.8. The predicted octanol–water partition coefficient (Wildman–Crippen LogP) is 3.50. The number of hydrogen-bond acceptors (Lipinski definition) is 7. The zero-order valence-corrected chi connectivity index (χ0v) is 19.6. The van der Waals surface area contributed by atoms with Crippen molar-refractivity contribution in [1.29, 1.82) is 0 Å². The maximum Gasteiger partial charge on any atom is 0.276 e. The second-order valence-corrected chi connectivity index (χ2v) is 10.4. The summed E-state index contributed by atoms with van der Waals surface area (Å²) in [6, 6.07) is 14.2. The van der Waals surface area contributed by atoms with Crippen LogP contribution >= 0.6 is 0 Å². The maximum atomic E-state index is 13.5. The Bertz CT molecular complexity index is 1250. The number of aryl methyl sites for hydroxylation is 1. The SMILES string of the molecule is COc1ccc(CN(C(=O)c2cc(-c3ccc(C)cc3)on2)[C@H]2CCS(=O)(=O)C2)cc1OC. The number of ether oxygens (including phenoxy) is 2. The normalized spacial score (nSPS) is 17.0. The van der Waals surface area contributed by atoms with Crippen molar-refractivity contribution in [2.45, 2.75) is 25.9 Å². The van der Waals surface area contributed by atoms with Gasteiger partial charge in [0.05, 0.1) is 25.7 Å². The number of carbonyl (C=O) groups is 1. The van der Waals surface area contributed by atoms with Gasteiger partial charge in [0.15, 0.2) is 32.8 Å². The molecular formula is C24H26N2O6S. The smallest absolute Gasteiger partial charge is 0.276 e. The molecule has 1 atom stereocenters. The van der Waals surface area contributed by atoms with Crippen LogP contribution in [-0.2, 0) is 16.4 Å². The molecule has 0 N–H and O–H groups in total. The van der Waals surface area contributed by atoms with Gasteiger partial charge in [-0.2, -0.15) is 0 Å². The second kappa shape index (κ2) is 9.27. The van der Waals surface area contributed by atoms with Crippen LogP contribution in [0.25, 0.3) is 11.3 Å². The number of amides is 1. The molecule has 1 fully saturated rings. The first-order valence-electron chi connectivity index (χ1n) is 10.6. The lowest BCUT2D eigenvalue weighted by atomic mass is 10.1. The lowest BCUT2D eigenvalue weighted by Crippen LogP contribution is -2.40. The summed E-state index contributed by atoms with van der Waals surface area (Å²) in [6.07, 6.45) is 0.379. The van der Waals surface area contributed by atoms with Crippen molar-refractivity contribution < 1.29 is 27.2 Å². The molecule has 0 bridgehead atoms. The predicted molar refractivity (Wildman–Crippen MR) is 123 cm³/mol. The summed E-state index contributed by atoms with van der Waals surface area (Å²) in [5.41, 5.74) is 2.84. The van der Waals surface area contributed by atoms with E-state index in [1.807, 2.05) is 37.3 Å². The highest BCUT2D eigenvalue weighted by molar-refractivity contribution is 7.91. The average Bonchev–Trinajstić information content (AvgIpc) is 3.44. The molecule has 9 heteroatoms. The molecule has 33 heavy (non-hydrogen) atoms. The number of nitrogens with zero attached hydrogens (tertiary/aromatic N) is 2. The molecule has 1 amide bonds. The minimum atomic E-state index is -3.20. The van der Waals surface area contributed by atoms with Gasteiger partial charge in [-0.05, 0) is 31.0 Å². The zero-order chi connectivity index (χ0) is 23.6. The number of rotatable bonds is 7. The zero-order valence-electron chi connectivity index (χ0n) is 18.8. The summed E-state index contributed by atoms with van der Waals surface area (Å²) in [5, 5.41) is 3.99. The first-order valence-corrected chi connectivity index (χ1v) is 12.4. The van der Waals surface area contributed by atoms with E-state index in [1.54, 1.807) is 30.2 Å². The van der Waals surface area contributed by atoms with Crippen LogP contribution in [0.4, 0.5) is 0 Å². The van der Waals surface area contributed by atoms with Crippen molar-refractivity contribution in [3.63, 3.8) is 0 Å². The van der Waals surface area contributed by atoms with Gasteiger partial charge in [0.25, 0.3) is 5.91 Å². The molecule has 1 aromatic heterocycles. The summed E-state index contributed by atoms with van der Waals surface area (Å²) in [4.78, 5) is 15.0. The third kappa shape index (κ3) is 5.03. The molecule has 0 spiro atoms. The summed E-state index contributed by atoms with van der Waals surface area (Å²) < 4.78 is 40.4. The molecule has 1 saturated heterocycles. The standard InChI is InChI=1S/C24H26N2O6S/c1-16-4-7-18(8-5-16)22-13-20(25-32-22)24(27)26(19-10-11-33(28,29)15-19)14-17-6-9-21(30-2)23(12-17)31-3/h4-9,12-13,19H,10-11,14-15H2,1-3H3/t19-/m0/s1. The van der Waals surface area contributed by atoms with Crippen LogP contribution in [0.5, 0.6) is 11.5 Å². The summed E-state index contributed by atoms with van der Waals surface area (Å²) in [5.74, 6) is 1.18. The van der Waals surface area contributed by atoms with Gasteiger partial charge in [-0.1, -0.05) is 41.1 Å². The Balaban J connectivity index is 1.64. The largest absolute Gasteiger partial charge is 0.493 e. The van der Waals surface area contributed by atoms with E-state index >= 15 is 0 Å². The van der Waals surface area contributed by atoms with Crippen LogP contribution in [0, 0.1) is 6.92 Å². The van der Waals surface area contributed by atoms with Crippen LogP contribution in [-0.4, -0.2) is 56.1 Å². The maximum absolute atomic E-state index is 13.5. The van der Waals surface area contributed by atoms with E-state index in [-0.39, 0.29) is 29.7 Å². The Morgan fingerprint density at radius 2 is 1.82 bits per heavy atom. The van der Waals surface area contributed by atoms with E-state index in [4.69, 9.17) is 14.0 Å². The van der Waals surface area contributed by atoms with Gasteiger partial charge in [-0.3, -0.25) is 4.79 Å². The Morgan fingerprint density at radius 1 is 1.09 bits per heavy atom. The molecule has 8 nitrogen and oxygen atoms in total. The minimum Gasteiger partial charge on any atom is -0.493 e. The summed E-state index contributed by atoms with van der Waals surface area (Å²) in [6.45, 7) is 2.19. The summed E-state index contributed by atoms with van der Waals surface area (Å²) >= 11 is 0. The van der Waals surface area contributed by atoms with E-state index in [9.17, 15) is 13.2 Å². The molecule has 0 aliphatic carbocycles. The Morgan fingerprint density at radius 3 is 2.45 bits per heavy atom. The number of carbonyl (C=O) groups excluding carboxylic acids is 1. The van der Waals surface area contributed by atoms with E-state index in [0.29, 0.717) is 23.7 Å². The summed E-state index contributed by atoms with van der Waals surface area (Å²) in [7, 11) is -0.110. The van der Waals surface area contributed by atoms with Crippen molar-refractivity contribution >= 4 is 15.7 Å². The number of hydrogen-bond donors (Lipinski definition) is 0. The van der Waals surface area contributed by atoms with E-state index in [2.05, 4.69) is 5.16 Å². The van der Waals surface area contributed by atoms with Crippen LogP contribution in [0.1, 0.15) is 28.0 Å². The van der Waals surface area contributed by atoms with Gasteiger partial charge in [0, 0.05) is 24.2 Å². The lowest BCUT2D eigenvalue weighted by molar-refractivity contribution is 0.0670. The molecule has 3 aromatic rings. The van der Waals surface area contributed by atoms with Crippen LogP contribution in [0.15, 0.2) is 53.1 Å². The number of methoxy groups -OCH3 is 2. The van der Waals surface area contributed by atoms with E-state index in [1.165, 1.54) is 7.11 Å². The van der Waals surface area contributed by atoms with Crippen molar-refractivity contribution in [3.8, 4) is 22.8 Å². The van der Waals surface area contributed by atoms with Gasteiger partial charge >= 0.3 is 0 Å². The highest BCUT2D eigenvalue weighted by atomic mass is 32.2. The average molecular weight is 471 g/mol. The highest BCUT2D eigenvalue weighted by Crippen LogP contribution is 2.30. The number of benzene rings is 2. The lowest BCUT2D eigenvalue weighted by Gasteiger charge is -2.27. The van der Waals surface area contributed by atoms with E-state index in [0.717, 1.165) is 16.7 Å². The quantitative estimate of drug-likeness (QED) is 0.521. The first-order chi connectivity index (χ1) is 15.8. The molecule has 0 unspecified atom stereocenters. The fourth-order valence-electron chi connectivity index (χ4n) is 3.94. The van der Waals surface area contributed by atoms with Gasteiger partial charge in [0.2, 0.25) is 0 Å². The Kier molecular flexibility index (Phi) is 6.42. The van der Waals surface area contributed by atoms with Crippen LogP contribution in [0.3, 0.4) is 0 Å². The Labute approximate surface area is 193 Å². The highest BCUT2D eigenvalue weighted by Gasteiger charge is 2.36. The molecular weight excluding hydrogens is 444 g/mol. The molecule has 1 aliphatic heterocycles. The van der Waals surface area contributed by atoms with Crippen LogP contribution in [0.2, 0.25) is 0 Å². The van der Waals surface area contributed by atoms with E-state index < -0.39 is 15.9 Å².